The number of rotatable bonds is 19. The molecule has 0 spiro atoms. The zero-order valence-corrected chi connectivity index (χ0v) is 27.8. The van der Waals surface area contributed by atoms with Gasteiger partial charge in [0.05, 0.1) is 11.2 Å². The van der Waals surface area contributed by atoms with Gasteiger partial charge in [-0.1, -0.05) is 39.0 Å². The second-order valence-electron chi connectivity index (χ2n) is 12.1. The molecule has 0 bridgehead atoms. The number of hydrogen-bond donors (Lipinski definition) is 5. The SMILES string of the molecule is C=CS(=O)(=O)CCCCCC(=O)N[C@@H](C(=O)N[C@H](CCCNC(N)=O)C(=O)Nc1ccc(COC(=O)C(C)(C)C)cc1)C(C)C. The van der Waals surface area contributed by atoms with Gasteiger partial charge in [0.1, 0.15) is 18.7 Å². The Balaban J connectivity index is 2.85. The molecule has 252 valence electrons. The third-order valence-corrected chi connectivity index (χ3v) is 8.02. The van der Waals surface area contributed by atoms with Gasteiger partial charge < -0.3 is 31.7 Å². The number of nitrogens with two attached hydrogens (primary N) is 1. The summed E-state index contributed by atoms with van der Waals surface area (Å²) in [6.45, 7) is 12.3. The zero-order chi connectivity index (χ0) is 34.2. The van der Waals surface area contributed by atoms with E-state index >= 15 is 0 Å². The van der Waals surface area contributed by atoms with Crippen molar-refractivity contribution in [3.8, 4) is 0 Å². The number of hydrogen-bond acceptors (Lipinski definition) is 8. The molecule has 6 N–H and O–H groups in total. The van der Waals surface area contributed by atoms with Gasteiger partial charge in [-0.25, -0.2) is 13.2 Å². The average molecular weight is 652 g/mol. The van der Waals surface area contributed by atoms with Gasteiger partial charge in [0, 0.05) is 24.1 Å². The summed E-state index contributed by atoms with van der Waals surface area (Å²) in [6.07, 6.45) is 1.97. The molecule has 1 rings (SSSR count). The van der Waals surface area contributed by atoms with Crippen LogP contribution in [0.4, 0.5) is 10.5 Å². The number of unbranched alkanes of at least 4 members (excludes halogenated alkanes) is 2. The molecule has 0 aromatic heterocycles. The molecular weight excluding hydrogens is 602 g/mol. The van der Waals surface area contributed by atoms with Crippen molar-refractivity contribution < 1.29 is 37.1 Å². The largest absolute Gasteiger partial charge is 0.460 e. The van der Waals surface area contributed by atoms with Crippen molar-refractivity contribution in [2.75, 3.05) is 17.6 Å². The molecule has 2 atom stereocenters. The number of primary amides is 1. The van der Waals surface area contributed by atoms with E-state index in [-0.39, 0.29) is 49.5 Å². The van der Waals surface area contributed by atoms with Gasteiger partial charge >= 0.3 is 12.0 Å². The lowest BCUT2D eigenvalue weighted by molar-refractivity contribution is -0.154. The smallest absolute Gasteiger partial charge is 0.312 e. The molecule has 0 aliphatic carbocycles. The van der Waals surface area contributed by atoms with Gasteiger partial charge in [-0.15, -0.1) is 0 Å². The Kier molecular flexibility index (Phi) is 16.3. The van der Waals surface area contributed by atoms with E-state index in [1.165, 1.54) is 0 Å². The lowest BCUT2D eigenvalue weighted by Gasteiger charge is -2.25. The summed E-state index contributed by atoms with van der Waals surface area (Å²) in [5.41, 5.74) is 5.67. The number of carbonyl (C=O) groups is 5. The van der Waals surface area contributed by atoms with E-state index in [9.17, 15) is 32.4 Å². The van der Waals surface area contributed by atoms with Crippen LogP contribution in [-0.4, -0.2) is 62.5 Å². The number of nitrogens with one attached hydrogen (secondary N) is 4. The van der Waals surface area contributed by atoms with E-state index in [1.807, 2.05) is 0 Å². The summed E-state index contributed by atoms with van der Waals surface area (Å²) in [5.74, 6) is -2.09. The van der Waals surface area contributed by atoms with E-state index in [1.54, 1.807) is 58.9 Å². The maximum Gasteiger partial charge on any atom is 0.312 e. The average Bonchev–Trinajstić information content (AvgIpc) is 2.95. The van der Waals surface area contributed by atoms with Crippen LogP contribution < -0.4 is 27.0 Å². The summed E-state index contributed by atoms with van der Waals surface area (Å²) in [7, 11) is -3.29. The highest BCUT2D eigenvalue weighted by Crippen LogP contribution is 2.18. The lowest BCUT2D eigenvalue weighted by atomic mass is 9.97. The monoisotopic (exact) mass is 651 g/mol. The molecular formula is C31H49N5O8S. The predicted molar refractivity (Wildman–Crippen MR) is 172 cm³/mol. The molecule has 0 saturated heterocycles. The normalized spacial score (nSPS) is 12.8. The minimum absolute atomic E-state index is 0.0371. The lowest BCUT2D eigenvalue weighted by Crippen LogP contribution is -2.54. The highest BCUT2D eigenvalue weighted by atomic mass is 32.2. The number of ether oxygens (including phenoxy) is 1. The minimum atomic E-state index is -3.29. The molecule has 14 heteroatoms. The van der Waals surface area contributed by atoms with Crippen LogP contribution in [0.5, 0.6) is 0 Å². The van der Waals surface area contributed by atoms with Crippen LogP contribution in [0, 0.1) is 11.3 Å². The van der Waals surface area contributed by atoms with E-state index < -0.39 is 45.2 Å². The first-order valence-electron chi connectivity index (χ1n) is 15.0. The van der Waals surface area contributed by atoms with Crippen molar-refractivity contribution in [2.45, 2.75) is 91.8 Å². The second kappa shape index (κ2) is 18.8. The number of amides is 5. The molecule has 0 unspecified atom stereocenters. The number of carbonyl (C=O) groups excluding carboxylic acids is 5. The maximum absolute atomic E-state index is 13.3. The molecule has 1 aromatic carbocycles. The first kappa shape index (κ1) is 39.1. The minimum Gasteiger partial charge on any atom is -0.460 e. The molecule has 0 fully saturated rings. The second-order valence-corrected chi connectivity index (χ2v) is 14.2. The van der Waals surface area contributed by atoms with Gasteiger partial charge in [0.25, 0.3) is 0 Å². The molecule has 0 aliphatic rings. The van der Waals surface area contributed by atoms with E-state index in [2.05, 4.69) is 27.8 Å². The quantitative estimate of drug-likeness (QED) is 0.111. The Bertz CT molecular complexity index is 1270. The molecule has 45 heavy (non-hydrogen) atoms. The first-order valence-corrected chi connectivity index (χ1v) is 16.7. The third-order valence-electron chi connectivity index (χ3n) is 6.66. The molecule has 0 aliphatic heterocycles. The van der Waals surface area contributed by atoms with Crippen molar-refractivity contribution in [3.05, 3.63) is 41.8 Å². The van der Waals surface area contributed by atoms with Crippen LogP contribution in [0.1, 0.15) is 78.7 Å². The Labute approximate surface area is 266 Å². The van der Waals surface area contributed by atoms with Crippen molar-refractivity contribution in [2.24, 2.45) is 17.1 Å². The zero-order valence-electron chi connectivity index (χ0n) is 26.9. The fourth-order valence-electron chi connectivity index (χ4n) is 3.96. The summed E-state index contributed by atoms with van der Waals surface area (Å²) in [6, 6.07) is 4.08. The summed E-state index contributed by atoms with van der Waals surface area (Å²) in [5, 5.41) is 11.6. The summed E-state index contributed by atoms with van der Waals surface area (Å²) in [4.78, 5) is 62.2. The van der Waals surface area contributed by atoms with Gasteiger partial charge in [-0.2, -0.15) is 0 Å². The van der Waals surface area contributed by atoms with Crippen LogP contribution in [0.2, 0.25) is 0 Å². The highest BCUT2D eigenvalue weighted by Gasteiger charge is 2.29. The number of esters is 1. The Morgan fingerprint density at radius 1 is 0.956 bits per heavy atom. The number of urea groups is 1. The van der Waals surface area contributed by atoms with Gasteiger partial charge in [0.2, 0.25) is 17.7 Å². The van der Waals surface area contributed by atoms with Crippen molar-refractivity contribution in [3.63, 3.8) is 0 Å². The van der Waals surface area contributed by atoms with Crippen LogP contribution in [-0.2, 0) is 40.4 Å². The highest BCUT2D eigenvalue weighted by molar-refractivity contribution is 7.94. The van der Waals surface area contributed by atoms with Crippen molar-refractivity contribution >= 4 is 45.2 Å². The number of anilines is 1. The van der Waals surface area contributed by atoms with Gasteiger partial charge in [-0.3, -0.25) is 19.2 Å². The van der Waals surface area contributed by atoms with Crippen LogP contribution in [0.25, 0.3) is 0 Å². The molecule has 0 radical (unpaired) electrons. The Morgan fingerprint density at radius 3 is 2.16 bits per heavy atom. The maximum atomic E-state index is 13.3. The van der Waals surface area contributed by atoms with E-state index in [0.717, 1.165) is 11.0 Å². The third kappa shape index (κ3) is 16.1. The number of benzene rings is 1. The van der Waals surface area contributed by atoms with Gasteiger partial charge in [-0.05, 0) is 70.1 Å². The van der Waals surface area contributed by atoms with E-state index in [0.29, 0.717) is 31.4 Å². The number of sulfone groups is 1. The van der Waals surface area contributed by atoms with Crippen LogP contribution in [0.3, 0.4) is 0 Å². The fourth-order valence-corrected chi connectivity index (χ4v) is 4.73. The molecule has 0 saturated carbocycles. The van der Waals surface area contributed by atoms with Crippen molar-refractivity contribution in [1.82, 2.24) is 16.0 Å². The van der Waals surface area contributed by atoms with Gasteiger partial charge in [0.15, 0.2) is 9.84 Å². The van der Waals surface area contributed by atoms with Crippen LogP contribution >= 0.6 is 0 Å². The standard InChI is InChI=1S/C31H49N5O8S/c1-7-45(42,43)19-10-8-9-13-25(37)36-26(21(2)3)28(39)35-24(12-11-18-33-30(32)41)27(38)34-23-16-14-22(15-17-23)20-44-29(40)31(4,5)6/h7,14-17,21,24,26H,1,8-13,18-20H2,2-6H3,(H,34,38)(H,35,39)(H,36,37)(H3,32,33,41)/t24-,26-/m1/s1. The molecule has 1 aromatic rings. The molecule has 5 amide bonds. The Morgan fingerprint density at radius 2 is 1.60 bits per heavy atom. The fraction of sp³-hybridized carbons (Fsp3) is 0.581. The predicted octanol–water partition coefficient (Wildman–Crippen LogP) is 2.91. The summed E-state index contributed by atoms with van der Waals surface area (Å²) >= 11 is 0. The Hall–Kier alpha value is -3.94. The molecule has 13 nitrogen and oxygen atoms in total. The molecule has 0 heterocycles. The summed E-state index contributed by atoms with van der Waals surface area (Å²) < 4.78 is 28.4. The van der Waals surface area contributed by atoms with E-state index in [4.69, 9.17) is 10.5 Å². The first-order chi connectivity index (χ1) is 20.9. The van der Waals surface area contributed by atoms with Crippen molar-refractivity contribution in [1.29, 1.82) is 0 Å². The van der Waals surface area contributed by atoms with Crippen LogP contribution in [0.15, 0.2) is 36.3 Å². The topological polar surface area (TPSA) is 203 Å².